The Morgan fingerprint density at radius 1 is 1.32 bits per heavy atom. The monoisotopic (exact) mass is 374 g/mol. The van der Waals surface area contributed by atoms with E-state index in [1.807, 2.05) is 23.6 Å². The number of thiazole rings is 1. The van der Waals surface area contributed by atoms with Gasteiger partial charge in [-0.05, 0) is 30.4 Å². The molecule has 8 nitrogen and oxygen atoms in total. The van der Waals surface area contributed by atoms with E-state index in [-0.39, 0.29) is 23.0 Å². The molecule has 0 unspecified atom stereocenters. The van der Waals surface area contributed by atoms with Crippen LogP contribution in [-0.4, -0.2) is 33.1 Å². The zero-order valence-electron chi connectivity index (χ0n) is 12.5. The Morgan fingerprint density at radius 3 is 3.00 bits per heavy atom. The zero-order chi connectivity index (χ0) is 17.4. The zero-order valence-corrected chi connectivity index (χ0v) is 14.1. The first-order valence-corrected chi connectivity index (χ1v) is 8.34. The van der Waals surface area contributed by atoms with Crippen LogP contribution in [0.25, 0.3) is 11.3 Å². The fourth-order valence-electron chi connectivity index (χ4n) is 2.24. The van der Waals surface area contributed by atoms with Crippen LogP contribution in [0.5, 0.6) is 17.4 Å². The average molecular weight is 374 g/mol. The van der Waals surface area contributed by atoms with E-state index in [1.54, 1.807) is 0 Å². The van der Waals surface area contributed by atoms with Gasteiger partial charge in [0.15, 0.2) is 16.3 Å². The predicted molar refractivity (Wildman–Crippen MR) is 94.8 cm³/mol. The fraction of sp³-hybridized carbons (Fsp3) is 0.0667. The number of rotatable bonds is 3. The van der Waals surface area contributed by atoms with Gasteiger partial charge in [0.2, 0.25) is 17.8 Å². The molecule has 3 N–H and O–H groups in total. The van der Waals surface area contributed by atoms with Gasteiger partial charge < -0.3 is 19.6 Å². The standard InChI is InChI=1S/C15H10N4O4S2/c20-12-8(13(21)19-14(24)18-12)4-16-15-17-9(5-25-15)7-1-2-10-11(3-7)23-6-22-10/h1-5H,6H2,(H3,18,19,20,21,24)/b16-4+. The number of benzene rings is 1. The number of nitrogens with one attached hydrogen (secondary N) is 2. The molecule has 3 heterocycles. The second-order valence-electron chi connectivity index (χ2n) is 5.01. The normalized spacial score (nSPS) is 12.8. The molecule has 0 bridgehead atoms. The predicted octanol–water partition coefficient (Wildman–Crippen LogP) is 2.74. The van der Waals surface area contributed by atoms with E-state index in [1.165, 1.54) is 17.6 Å². The van der Waals surface area contributed by atoms with Gasteiger partial charge in [0.1, 0.15) is 5.56 Å². The third-order valence-corrected chi connectivity index (χ3v) is 4.38. The van der Waals surface area contributed by atoms with E-state index in [2.05, 4.69) is 19.9 Å². The van der Waals surface area contributed by atoms with Crippen LogP contribution in [0.1, 0.15) is 5.56 Å². The maximum absolute atomic E-state index is 11.8. The molecule has 4 rings (SSSR count). The highest BCUT2D eigenvalue weighted by Crippen LogP contribution is 2.36. The van der Waals surface area contributed by atoms with Crippen molar-refractivity contribution in [3.05, 3.63) is 44.3 Å². The van der Waals surface area contributed by atoms with Crippen molar-refractivity contribution in [1.82, 2.24) is 15.0 Å². The van der Waals surface area contributed by atoms with Gasteiger partial charge in [0, 0.05) is 17.2 Å². The maximum Gasteiger partial charge on any atom is 0.264 e. The molecule has 0 amide bonds. The molecule has 10 heteroatoms. The number of hydrogen-bond donors (Lipinski definition) is 3. The summed E-state index contributed by atoms with van der Waals surface area (Å²) >= 11 is 6.08. The largest absolute Gasteiger partial charge is 0.494 e. The highest BCUT2D eigenvalue weighted by molar-refractivity contribution is 7.71. The summed E-state index contributed by atoms with van der Waals surface area (Å²) in [5, 5.41) is 12.0. The van der Waals surface area contributed by atoms with Crippen LogP contribution in [0.3, 0.4) is 0 Å². The summed E-state index contributed by atoms with van der Waals surface area (Å²) < 4.78 is 10.7. The van der Waals surface area contributed by atoms with E-state index < -0.39 is 5.56 Å². The Kier molecular flexibility index (Phi) is 3.82. The van der Waals surface area contributed by atoms with Crippen molar-refractivity contribution in [2.75, 3.05) is 6.79 Å². The second kappa shape index (κ2) is 6.15. The van der Waals surface area contributed by atoms with Gasteiger partial charge in [-0.25, -0.2) is 9.98 Å². The molecule has 25 heavy (non-hydrogen) atoms. The van der Waals surface area contributed by atoms with Gasteiger partial charge in [0.05, 0.1) is 5.69 Å². The minimum atomic E-state index is -0.530. The van der Waals surface area contributed by atoms with Gasteiger partial charge >= 0.3 is 0 Å². The lowest BCUT2D eigenvalue weighted by Crippen LogP contribution is -2.13. The molecule has 126 valence electrons. The average Bonchev–Trinajstić information content (AvgIpc) is 3.22. The lowest BCUT2D eigenvalue weighted by Gasteiger charge is -1.99. The Morgan fingerprint density at radius 2 is 2.16 bits per heavy atom. The molecule has 0 fully saturated rings. The van der Waals surface area contributed by atoms with Gasteiger partial charge in [-0.3, -0.25) is 9.78 Å². The molecule has 0 atom stereocenters. The minimum absolute atomic E-state index is 0.0200. The number of aromatic hydroxyl groups is 1. The molecule has 3 aromatic rings. The van der Waals surface area contributed by atoms with Gasteiger partial charge in [0.25, 0.3) is 5.56 Å². The number of aliphatic imine (C=N–C) groups is 1. The molecular weight excluding hydrogens is 364 g/mol. The lowest BCUT2D eigenvalue weighted by atomic mass is 10.1. The molecular formula is C15H10N4O4S2. The highest BCUT2D eigenvalue weighted by Gasteiger charge is 2.15. The van der Waals surface area contributed by atoms with Crippen LogP contribution in [0, 0.1) is 4.77 Å². The van der Waals surface area contributed by atoms with Crippen molar-refractivity contribution in [3.63, 3.8) is 0 Å². The highest BCUT2D eigenvalue weighted by atomic mass is 32.1. The van der Waals surface area contributed by atoms with E-state index >= 15 is 0 Å². The van der Waals surface area contributed by atoms with Crippen LogP contribution in [0.2, 0.25) is 0 Å². The van der Waals surface area contributed by atoms with Crippen LogP contribution in [0.4, 0.5) is 5.13 Å². The van der Waals surface area contributed by atoms with Crippen LogP contribution in [0.15, 0.2) is 33.4 Å². The SMILES string of the molecule is O=c1[nH]c(=S)[nH]c(O)c1/C=N/c1nc(-c2ccc3c(c2)OCO3)cs1. The van der Waals surface area contributed by atoms with Crippen molar-refractivity contribution < 1.29 is 14.6 Å². The van der Waals surface area contributed by atoms with E-state index in [4.69, 9.17) is 21.7 Å². The molecule has 1 aliphatic rings. The lowest BCUT2D eigenvalue weighted by molar-refractivity contribution is 0.174. The van der Waals surface area contributed by atoms with Crippen molar-refractivity contribution in [1.29, 1.82) is 0 Å². The van der Waals surface area contributed by atoms with Crippen molar-refractivity contribution in [2.24, 2.45) is 4.99 Å². The first-order chi connectivity index (χ1) is 12.1. The van der Waals surface area contributed by atoms with E-state index in [9.17, 15) is 9.90 Å². The van der Waals surface area contributed by atoms with Gasteiger partial charge in [-0.1, -0.05) is 0 Å². The number of hydrogen-bond acceptors (Lipinski definition) is 8. The summed E-state index contributed by atoms with van der Waals surface area (Å²) in [6, 6.07) is 5.55. The maximum atomic E-state index is 11.8. The first kappa shape index (κ1) is 15.5. The number of aromatic amines is 2. The molecule has 0 radical (unpaired) electrons. The third-order valence-electron chi connectivity index (χ3n) is 3.42. The number of ether oxygens (including phenoxy) is 2. The summed E-state index contributed by atoms with van der Waals surface area (Å²) in [6.45, 7) is 0.212. The smallest absolute Gasteiger partial charge is 0.264 e. The fourth-order valence-corrected chi connectivity index (χ4v) is 3.10. The second-order valence-corrected chi connectivity index (χ2v) is 6.26. The molecule has 0 aliphatic carbocycles. The molecule has 2 aromatic heterocycles. The van der Waals surface area contributed by atoms with Gasteiger partial charge in [-0.15, -0.1) is 11.3 Å². The Balaban J connectivity index is 1.62. The summed E-state index contributed by atoms with van der Waals surface area (Å²) in [4.78, 5) is 25.1. The Hall–Kier alpha value is -2.98. The quantitative estimate of drug-likeness (QED) is 0.480. The summed E-state index contributed by atoms with van der Waals surface area (Å²) in [5.41, 5.74) is 1.04. The van der Waals surface area contributed by atoms with Crippen molar-refractivity contribution in [2.45, 2.75) is 0 Å². The summed E-state index contributed by atoms with van der Waals surface area (Å²) in [7, 11) is 0. The summed E-state index contributed by atoms with van der Waals surface area (Å²) in [6.07, 6.45) is 1.24. The Labute approximate surface area is 149 Å². The molecule has 0 saturated carbocycles. The summed E-state index contributed by atoms with van der Waals surface area (Å²) in [5.74, 6) is 1.03. The Bertz CT molecular complexity index is 1100. The third kappa shape index (κ3) is 3.04. The molecule has 0 saturated heterocycles. The molecule has 1 aliphatic heterocycles. The van der Waals surface area contributed by atoms with Gasteiger partial charge in [-0.2, -0.15) is 0 Å². The van der Waals surface area contributed by atoms with Crippen molar-refractivity contribution >= 4 is 34.9 Å². The number of aromatic nitrogens is 3. The van der Waals surface area contributed by atoms with E-state index in [0.29, 0.717) is 16.6 Å². The topological polar surface area (TPSA) is 113 Å². The number of H-pyrrole nitrogens is 2. The van der Waals surface area contributed by atoms with Crippen LogP contribution < -0.4 is 15.0 Å². The van der Waals surface area contributed by atoms with Crippen molar-refractivity contribution in [3.8, 4) is 28.6 Å². The first-order valence-electron chi connectivity index (χ1n) is 7.05. The molecule has 1 aromatic carbocycles. The number of nitrogens with zero attached hydrogens (tertiary/aromatic N) is 2. The van der Waals surface area contributed by atoms with Crippen LogP contribution in [-0.2, 0) is 0 Å². The molecule has 0 spiro atoms. The van der Waals surface area contributed by atoms with E-state index in [0.717, 1.165) is 11.3 Å². The number of fused-ring (bicyclic) bond motifs is 1. The van der Waals surface area contributed by atoms with Crippen LogP contribution >= 0.6 is 23.6 Å². The minimum Gasteiger partial charge on any atom is -0.494 e.